The summed E-state index contributed by atoms with van der Waals surface area (Å²) in [7, 11) is 0. The van der Waals surface area contributed by atoms with Gasteiger partial charge in [-0.15, -0.1) is 10.2 Å². The summed E-state index contributed by atoms with van der Waals surface area (Å²) in [6.07, 6.45) is 5.37. The largest absolute Gasteiger partial charge is 0.268 e. The summed E-state index contributed by atoms with van der Waals surface area (Å²) in [5.41, 5.74) is 3.35. The van der Waals surface area contributed by atoms with Crippen molar-refractivity contribution in [3.05, 3.63) is 24.3 Å². The molecule has 0 saturated heterocycles. The third kappa shape index (κ3) is 2.40. The maximum absolute atomic E-state index is 11.4. The van der Waals surface area contributed by atoms with Crippen molar-refractivity contribution in [3.63, 3.8) is 0 Å². The Labute approximate surface area is 76.4 Å². The molecule has 5 nitrogen and oxygen atoms in total. The molecule has 1 amide bonds. The molecule has 5 heteroatoms. The van der Waals surface area contributed by atoms with Gasteiger partial charge in [0.1, 0.15) is 12.7 Å². The average Bonchev–Trinajstić information content (AvgIpc) is 2.59. The Hall–Kier alpha value is -1.65. The Bertz CT molecular complexity index is 302. The highest BCUT2D eigenvalue weighted by Crippen LogP contribution is 2.00. The number of carbonyl (C=O) groups is 1. The molecule has 1 aromatic heterocycles. The zero-order valence-electron chi connectivity index (χ0n) is 7.69. The van der Waals surface area contributed by atoms with Gasteiger partial charge in [-0.25, -0.2) is 4.68 Å². The van der Waals surface area contributed by atoms with Crippen LogP contribution in [-0.4, -0.2) is 20.8 Å². The minimum atomic E-state index is -0.121. The van der Waals surface area contributed by atoms with E-state index in [9.17, 15) is 4.79 Å². The molecular weight excluding hydrogens is 168 g/mol. The molecule has 0 saturated carbocycles. The fourth-order valence-electron chi connectivity index (χ4n) is 0.943. The van der Waals surface area contributed by atoms with E-state index in [0.29, 0.717) is 6.42 Å². The van der Waals surface area contributed by atoms with Gasteiger partial charge in [0.15, 0.2) is 0 Å². The van der Waals surface area contributed by atoms with Crippen molar-refractivity contribution in [3.8, 4) is 0 Å². The van der Waals surface area contributed by atoms with Gasteiger partial charge < -0.3 is 0 Å². The number of rotatable bonds is 3. The molecule has 1 heterocycles. The fraction of sp³-hybridized carbons (Fsp3) is 0.375. The van der Waals surface area contributed by atoms with E-state index >= 15 is 0 Å². The summed E-state index contributed by atoms with van der Waals surface area (Å²) in [6.45, 7) is 3.77. The highest BCUT2D eigenvalue weighted by Gasteiger charge is 2.05. The van der Waals surface area contributed by atoms with Crippen LogP contribution in [0.3, 0.4) is 0 Å². The van der Waals surface area contributed by atoms with Gasteiger partial charge in [-0.1, -0.05) is 13.0 Å². The van der Waals surface area contributed by atoms with E-state index in [2.05, 4.69) is 15.6 Å². The van der Waals surface area contributed by atoms with Crippen LogP contribution in [-0.2, 0) is 4.79 Å². The molecular formula is C8H12N4O. The first kappa shape index (κ1) is 9.44. The van der Waals surface area contributed by atoms with Gasteiger partial charge in [-0.2, -0.15) is 0 Å². The van der Waals surface area contributed by atoms with Gasteiger partial charge >= 0.3 is 0 Å². The van der Waals surface area contributed by atoms with E-state index in [0.717, 1.165) is 5.57 Å². The summed E-state index contributed by atoms with van der Waals surface area (Å²) < 4.78 is 1.42. The fourth-order valence-corrected chi connectivity index (χ4v) is 0.943. The second-order valence-corrected chi connectivity index (χ2v) is 2.48. The number of aromatic nitrogens is 3. The van der Waals surface area contributed by atoms with Gasteiger partial charge in [0, 0.05) is 5.57 Å². The van der Waals surface area contributed by atoms with Crippen molar-refractivity contribution in [2.75, 3.05) is 5.43 Å². The van der Waals surface area contributed by atoms with Gasteiger partial charge in [0.25, 0.3) is 5.91 Å². The molecule has 0 aromatic carbocycles. The van der Waals surface area contributed by atoms with Crippen LogP contribution in [0.1, 0.15) is 20.3 Å². The number of nitrogens with one attached hydrogen (secondary N) is 1. The molecule has 0 aliphatic rings. The normalized spacial score (nSPS) is 11.4. The standard InChI is InChI=1S/C8H12N4O/c1-3-7(4-2)8(13)11-12-5-9-10-6-12/h3,5-6H,4H2,1-2H3,(H,11,13)/b7-3+. The van der Waals surface area contributed by atoms with Gasteiger partial charge in [0.2, 0.25) is 0 Å². The van der Waals surface area contributed by atoms with Crippen LogP contribution in [0.15, 0.2) is 24.3 Å². The van der Waals surface area contributed by atoms with E-state index in [1.165, 1.54) is 17.3 Å². The second-order valence-electron chi connectivity index (χ2n) is 2.48. The van der Waals surface area contributed by atoms with Crippen molar-refractivity contribution in [1.82, 2.24) is 14.9 Å². The molecule has 0 radical (unpaired) electrons. The maximum Gasteiger partial charge on any atom is 0.265 e. The Kier molecular flexibility index (Phi) is 3.19. The van der Waals surface area contributed by atoms with Crippen LogP contribution < -0.4 is 5.43 Å². The molecule has 1 rings (SSSR count). The van der Waals surface area contributed by atoms with Crippen LogP contribution in [0.25, 0.3) is 0 Å². The third-order valence-corrected chi connectivity index (χ3v) is 1.67. The van der Waals surface area contributed by atoms with Crippen LogP contribution in [0.4, 0.5) is 0 Å². The zero-order valence-corrected chi connectivity index (χ0v) is 7.69. The molecule has 0 atom stereocenters. The Morgan fingerprint density at radius 2 is 2.15 bits per heavy atom. The number of carbonyl (C=O) groups excluding carboxylic acids is 1. The first-order valence-electron chi connectivity index (χ1n) is 4.09. The van der Waals surface area contributed by atoms with E-state index in [4.69, 9.17) is 0 Å². The molecule has 70 valence electrons. The Morgan fingerprint density at radius 3 is 2.62 bits per heavy atom. The topological polar surface area (TPSA) is 59.8 Å². The number of nitrogens with zero attached hydrogens (tertiary/aromatic N) is 3. The van der Waals surface area contributed by atoms with Crippen molar-refractivity contribution >= 4 is 5.91 Å². The summed E-state index contributed by atoms with van der Waals surface area (Å²) >= 11 is 0. The highest BCUT2D eigenvalue weighted by molar-refractivity contribution is 5.99. The Morgan fingerprint density at radius 1 is 1.54 bits per heavy atom. The molecule has 0 aliphatic heterocycles. The number of hydrogen-bond acceptors (Lipinski definition) is 3. The monoisotopic (exact) mass is 180 g/mol. The molecule has 0 spiro atoms. The van der Waals surface area contributed by atoms with E-state index in [1.54, 1.807) is 6.08 Å². The predicted octanol–water partition coefficient (Wildman–Crippen LogP) is 0.704. The number of hydrogen-bond donors (Lipinski definition) is 1. The molecule has 13 heavy (non-hydrogen) atoms. The number of allylic oxidation sites excluding steroid dienone is 1. The van der Waals surface area contributed by atoms with Gasteiger partial charge in [0.05, 0.1) is 0 Å². The molecule has 0 fully saturated rings. The molecule has 0 bridgehead atoms. The lowest BCUT2D eigenvalue weighted by Gasteiger charge is -2.05. The van der Waals surface area contributed by atoms with Crippen LogP contribution in [0, 0.1) is 0 Å². The lowest BCUT2D eigenvalue weighted by molar-refractivity contribution is -0.113. The van der Waals surface area contributed by atoms with Crippen LogP contribution >= 0.6 is 0 Å². The zero-order chi connectivity index (χ0) is 9.68. The van der Waals surface area contributed by atoms with E-state index in [1.807, 2.05) is 13.8 Å². The molecule has 0 aliphatic carbocycles. The lowest BCUT2D eigenvalue weighted by atomic mass is 10.2. The van der Waals surface area contributed by atoms with E-state index in [-0.39, 0.29) is 5.91 Å². The average molecular weight is 180 g/mol. The van der Waals surface area contributed by atoms with Crippen molar-refractivity contribution in [2.45, 2.75) is 20.3 Å². The molecule has 0 unspecified atom stereocenters. The summed E-state index contributed by atoms with van der Waals surface area (Å²) in [6, 6.07) is 0. The van der Waals surface area contributed by atoms with Crippen molar-refractivity contribution in [1.29, 1.82) is 0 Å². The van der Waals surface area contributed by atoms with Crippen LogP contribution in [0.2, 0.25) is 0 Å². The lowest BCUT2D eigenvalue weighted by Crippen LogP contribution is -2.22. The van der Waals surface area contributed by atoms with Crippen LogP contribution in [0.5, 0.6) is 0 Å². The summed E-state index contributed by atoms with van der Waals surface area (Å²) in [5, 5.41) is 7.13. The molecule has 1 aromatic rings. The first-order chi connectivity index (χ1) is 6.27. The van der Waals surface area contributed by atoms with Gasteiger partial charge in [-0.05, 0) is 13.3 Å². The second kappa shape index (κ2) is 4.39. The summed E-state index contributed by atoms with van der Waals surface area (Å²) in [5.74, 6) is -0.121. The number of amides is 1. The highest BCUT2D eigenvalue weighted by atomic mass is 16.2. The quantitative estimate of drug-likeness (QED) is 0.697. The maximum atomic E-state index is 11.4. The first-order valence-corrected chi connectivity index (χ1v) is 4.09. The minimum absolute atomic E-state index is 0.121. The molecule has 1 N–H and O–H groups in total. The minimum Gasteiger partial charge on any atom is -0.268 e. The smallest absolute Gasteiger partial charge is 0.265 e. The third-order valence-electron chi connectivity index (χ3n) is 1.67. The van der Waals surface area contributed by atoms with Crippen molar-refractivity contribution in [2.24, 2.45) is 0 Å². The SMILES string of the molecule is C/C=C(\CC)C(=O)Nn1cnnc1. The van der Waals surface area contributed by atoms with E-state index < -0.39 is 0 Å². The van der Waals surface area contributed by atoms with Gasteiger partial charge in [-0.3, -0.25) is 10.2 Å². The Balaban J connectivity index is 2.60. The van der Waals surface area contributed by atoms with Crippen molar-refractivity contribution < 1.29 is 4.79 Å². The predicted molar refractivity (Wildman–Crippen MR) is 48.4 cm³/mol. The summed E-state index contributed by atoms with van der Waals surface area (Å²) in [4.78, 5) is 11.4.